The molecule has 1 amide bonds. The molecule has 1 fully saturated rings. The SMILES string of the molecule is O=C(c1ccn(-c2ccccc2)c1-c1ccccc1)N1CCNCC1Cc1ccccc1. The third-order valence-corrected chi connectivity index (χ3v) is 6.12. The minimum atomic E-state index is 0.0981. The maximum absolute atomic E-state index is 13.9. The molecule has 0 saturated carbocycles. The number of nitrogens with one attached hydrogen (secondary N) is 1. The van der Waals surface area contributed by atoms with Crippen LogP contribution in [0.15, 0.2) is 103 Å². The van der Waals surface area contributed by atoms with Gasteiger partial charge in [0, 0.05) is 37.6 Å². The number of rotatable bonds is 5. The number of carbonyl (C=O) groups is 1. The third-order valence-electron chi connectivity index (χ3n) is 6.12. The molecule has 4 nitrogen and oxygen atoms in total. The van der Waals surface area contributed by atoms with Crippen molar-refractivity contribution in [3.63, 3.8) is 0 Å². The molecule has 0 radical (unpaired) electrons. The summed E-state index contributed by atoms with van der Waals surface area (Å²) in [4.78, 5) is 16.0. The molecule has 0 bridgehead atoms. The van der Waals surface area contributed by atoms with Gasteiger partial charge in [-0.1, -0.05) is 78.9 Å². The molecular formula is C28H27N3O. The second kappa shape index (κ2) is 9.25. The third kappa shape index (κ3) is 4.10. The summed E-state index contributed by atoms with van der Waals surface area (Å²) in [5.41, 5.74) is 5.04. The van der Waals surface area contributed by atoms with Crippen LogP contribution in [0.3, 0.4) is 0 Å². The van der Waals surface area contributed by atoms with Crippen LogP contribution in [0.5, 0.6) is 0 Å². The average molecular weight is 422 g/mol. The van der Waals surface area contributed by atoms with Gasteiger partial charge in [-0.2, -0.15) is 0 Å². The van der Waals surface area contributed by atoms with Crippen molar-refractivity contribution >= 4 is 5.91 Å². The molecular weight excluding hydrogens is 394 g/mol. The molecule has 2 heterocycles. The summed E-state index contributed by atoms with van der Waals surface area (Å²) in [6.45, 7) is 2.33. The van der Waals surface area contributed by atoms with Gasteiger partial charge in [-0.25, -0.2) is 0 Å². The highest BCUT2D eigenvalue weighted by Gasteiger charge is 2.30. The molecule has 5 rings (SSSR count). The number of hydrogen-bond donors (Lipinski definition) is 1. The summed E-state index contributed by atoms with van der Waals surface area (Å²) in [5.74, 6) is 0.0981. The number of amides is 1. The zero-order valence-corrected chi connectivity index (χ0v) is 18.0. The highest BCUT2D eigenvalue weighted by molar-refractivity contribution is 6.01. The van der Waals surface area contributed by atoms with Crippen LogP contribution in [0, 0.1) is 0 Å². The van der Waals surface area contributed by atoms with Crippen LogP contribution in [0.25, 0.3) is 16.9 Å². The number of piperazine rings is 1. The number of para-hydroxylation sites is 1. The van der Waals surface area contributed by atoms with Crippen LogP contribution >= 0.6 is 0 Å². The van der Waals surface area contributed by atoms with Gasteiger partial charge in [-0.15, -0.1) is 0 Å². The lowest BCUT2D eigenvalue weighted by molar-refractivity contribution is 0.0637. The minimum absolute atomic E-state index is 0.0981. The summed E-state index contributed by atoms with van der Waals surface area (Å²) in [6, 6.07) is 32.9. The highest BCUT2D eigenvalue weighted by atomic mass is 16.2. The van der Waals surface area contributed by atoms with Gasteiger partial charge in [0.15, 0.2) is 0 Å². The van der Waals surface area contributed by atoms with Gasteiger partial charge in [0.2, 0.25) is 0 Å². The molecule has 1 atom stereocenters. The summed E-state index contributed by atoms with van der Waals surface area (Å²) >= 11 is 0. The van der Waals surface area contributed by atoms with E-state index in [0.717, 1.165) is 42.0 Å². The first kappa shape index (κ1) is 20.3. The van der Waals surface area contributed by atoms with Crippen molar-refractivity contribution in [2.24, 2.45) is 0 Å². The summed E-state index contributed by atoms with van der Waals surface area (Å²) in [6.07, 6.45) is 2.86. The van der Waals surface area contributed by atoms with E-state index in [2.05, 4.69) is 63.3 Å². The molecule has 1 saturated heterocycles. The average Bonchev–Trinajstić information content (AvgIpc) is 3.31. The van der Waals surface area contributed by atoms with E-state index in [4.69, 9.17) is 0 Å². The lowest BCUT2D eigenvalue weighted by Crippen LogP contribution is -2.54. The Balaban J connectivity index is 1.53. The van der Waals surface area contributed by atoms with Crippen LogP contribution in [0.1, 0.15) is 15.9 Å². The largest absolute Gasteiger partial charge is 0.333 e. The van der Waals surface area contributed by atoms with E-state index in [-0.39, 0.29) is 11.9 Å². The summed E-state index contributed by atoms with van der Waals surface area (Å²) < 4.78 is 2.12. The minimum Gasteiger partial charge on any atom is -0.333 e. The van der Waals surface area contributed by atoms with Crippen LogP contribution in [-0.4, -0.2) is 41.1 Å². The monoisotopic (exact) mass is 421 g/mol. The Kier molecular flexibility index (Phi) is 5.86. The van der Waals surface area contributed by atoms with E-state index in [1.165, 1.54) is 5.56 Å². The van der Waals surface area contributed by atoms with E-state index >= 15 is 0 Å². The van der Waals surface area contributed by atoms with Crippen molar-refractivity contribution in [3.8, 4) is 16.9 Å². The van der Waals surface area contributed by atoms with Crippen LogP contribution in [0.4, 0.5) is 0 Å². The number of benzene rings is 3. The Bertz CT molecular complexity index is 1170. The quantitative estimate of drug-likeness (QED) is 0.503. The van der Waals surface area contributed by atoms with E-state index in [1.807, 2.05) is 54.7 Å². The maximum Gasteiger partial charge on any atom is 0.256 e. The van der Waals surface area contributed by atoms with Gasteiger partial charge in [0.1, 0.15) is 0 Å². The van der Waals surface area contributed by atoms with Gasteiger partial charge in [0.25, 0.3) is 5.91 Å². The van der Waals surface area contributed by atoms with Crippen molar-refractivity contribution in [3.05, 3.63) is 114 Å². The fraction of sp³-hybridized carbons (Fsp3) is 0.179. The van der Waals surface area contributed by atoms with Crippen molar-refractivity contribution < 1.29 is 4.79 Å². The Morgan fingerprint density at radius 3 is 2.22 bits per heavy atom. The first-order valence-electron chi connectivity index (χ1n) is 11.2. The van der Waals surface area contributed by atoms with Crippen LogP contribution in [0.2, 0.25) is 0 Å². The highest BCUT2D eigenvalue weighted by Crippen LogP contribution is 2.30. The van der Waals surface area contributed by atoms with Gasteiger partial charge in [-0.3, -0.25) is 4.79 Å². The van der Waals surface area contributed by atoms with E-state index in [9.17, 15) is 4.79 Å². The van der Waals surface area contributed by atoms with Crippen LogP contribution < -0.4 is 5.32 Å². The molecule has 160 valence electrons. The van der Waals surface area contributed by atoms with E-state index < -0.39 is 0 Å². The molecule has 32 heavy (non-hydrogen) atoms. The fourth-order valence-corrected chi connectivity index (χ4v) is 4.55. The van der Waals surface area contributed by atoms with E-state index in [1.54, 1.807) is 0 Å². The molecule has 0 spiro atoms. The van der Waals surface area contributed by atoms with Crippen molar-refractivity contribution in [2.75, 3.05) is 19.6 Å². The fourth-order valence-electron chi connectivity index (χ4n) is 4.55. The molecule has 4 heteroatoms. The molecule has 0 aliphatic carbocycles. The second-order valence-electron chi connectivity index (χ2n) is 8.20. The first-order chi connectivity index (χ1) is 15.8. The maximum atomic E-state index is 13.9. The molecule has 1 aliphatic rings. The standard InChI is InChI=1S/C28H27N3O/c32-28(31-19-17-29-21-25(31)20-22-10-4-1-5-11-22)26-16-18-30(24-14-8-3-9-15-24)27(26)23-12-6-2-7-13-23/h1-16,18,25,29H,17,19-21H2. The van der Waals surface area contributed by atoms with Gasteiger partial charge in [0.05, 0.1) is 11.3 Å². The number of nitrogens with zero attached hydrogens (tertiary/aromatic N) is 2. The van der Waals surface area contributed by atoms with Crippen molar-refractivity contribution in [1.29, 1.82) is 0 Å². The first-order valence-corrected chi connectivity index (χ1v) is 11.2. The number of aromatic nitrogens is 1. The zero-order chi connectivity index (χ0) is 21.8. The molecule has 1 unspecified atom stereocenters. The van der Waals surface area contributed by atoms with E-state index in [0.29, 0.717) is 6.54 Å². The smallest absolute Gasteiger partial charge is 0.256 e. The molecule has 1 aliphatic heterocycles. The van der Waals surface area contributed by atoms with Gasteiger partial charge in [-0.05, 0) is 35.7 Å². The number of hydrogen-bond acceptors (Lipinski definition) is 2. The summed E-state index contributed by atoms with van der Waals surface area (Å²) in [5, 5.41) is 3.47. The molecule has 1 N–H and O–H groups in total. The molecule has 1 aromatic heterocycles. The molecule has 3 aromatic carbocycles. The lowest BCUT2D eigenvalue weighted by Gasteiger charge is -2.36. The van der Waals surface area contributed by atoms with Crippen LogP contribution in [-0.2, 0) is 6.42 Å². The normalized spacial score (nSPS) is 16.1. The van der Waals surface area contributed by atoms with Gasteiger partial charge >= 0.3 is 0 Å². The Morgan fingerprint density at radius 1 is 0.844 bits per heavy atom. The second-order valence-corrected chi connectivity index (χ2v) is 8.20. The predicted molar refractivity (Wildman–Crippen MR) is 129 cm³/mol. The Hall–Kier alpha value is -3.63. The zero-order valence-electron chi connectivity index (χ0n) is 18.0. The Morgan fingerprint density at radius 2 is 1.50 bits per heavy atom. The number of carbonyl (C=O) groups excluding carboxylic acids is 1. The lowest BCUT2D eigenvalue weighted by atomic mass is 10.0. The topological polar surface area (TPSA) is 37.3 Å². The van der Waals surface area contributed by atoms with Gasteiger partial charge < -0.3 is 14.8 Å². The Labute approximate surface area is 189 Å². The summed E-state index contributed by atoms with van der Waals surface area (Å²) in [7, 11) is 0. The molecule has 4 aromatic rings. The van der Waals surface area contributed by atoms with Crippen molar-refractivity contribution in [2.45, 2.75) is 12.5 Å². The predicted octanol–water partition coefficient (Wildman–Crippen LogP) is 4.80. The van der Waals surface area contributed by atoms with Crippen molar-refractivity contribution in [1.82, 2.24) is 14.8 Å².